The summed E-state index contributed by atoms with van der Waals surface area (Å²) in [5.74, 6) is -0.258. The lowest BCUT2D eigenvalue weighted by Gasteiger charge is -2.04. The molecule has 21 heavy (non-hydrogen) atoms. The molecule has 0 aliphatic rings. The lowest BCUT2D eigenvalue weighted by atomic mass is 10.1. The first kappa shape index (κ1) is 13.5. The van der Waals surface area contributed by atoms with Gasteiger partial charge in [0, 0.05) is 22.6 Å². The first-order valence-electron chi connectivity index (χ1n) is 6.40. The number of fused-ring (bicyclic) bond motifs is 1. The molecule has 2 aromatic carbocycles. The molecule has 1 aromatic heterocycles. The Morgan fingerprint density at radius 3 is 2.95 bits per heavy atom. The number of H-pyrrole nitrogens is 1. The number of aromatic amines is 1. The second kappa shape index (κ2) is 5.46. The Labute approximate surface area is 126 Å². The van der Waals surface area contributed by atoms with E-state index in [1.54, 1.807) is 24.3 Å². The quantitative estimate of drug-likeness (QED) is 0.650. The second-order valence-corrected chi connectivity index (χ2v) is 5.13. The standard InChI is InChI=1S/C15H13ClN4O/c16-10-3-1-2-9(6-10)8-18-15(21)14-12-7-11(17)4-5-13(12)19-20-14/h1-7H,8,17H2,(H,18,21)(H,19,20). The zero-order chi connectivity index (χ0) is 14.8. The number of carbonyl (C=O) groups excluding carboxylic acids is 1. The van der Waals surface area contributed by atoms with E-state index in [4.69, 9.17) is 17.3 Å². The van der Waals surface area contributed by atoms with Crippen LogP contribution in [0.15, 0.2) is 42.5 Å². The van der Waals surface area contributed by atoms with Crippen LogP contribution in [0.2, 0.25) is 5.02 Å². The molecule has 0 saturated carbocycles. The average Bonchev–Trinajstić information content (AvgIpc) is 2.88. The van der Waals surface area contributed by atoms with Gasteiger partial charge in [0.1, 0.15) is 0 Å². The number of halogens is 1. The summed E-state index contributed by atoms with van der Waals surface area (Å²) in [7, 11) is 0. The Morgan fingerprint density at radius 1 is 1.29 bits per heavy atom. The molecule has 0 unspecified atom stereocenters. The third-order valence-electron chi connectivity index (χ3n) is 3.14. The highest BCUT2D eigenvalue weighted by atomic mass is 35.5. The third kappa shape index (κ3) is 2.83. The van der Waals surface area contributed by atoms with Gasteiger partial charge in [-0.2, -0.15) is 5.10 Å². The fraction of sp³-hybridized carbons (Fsp3) is 0.0667. The van der Waals surface area contributed by atoms with Crippen LogP contribution in [0.25, 0.3) is 10.9 Å². The molecule has 1 amide bonds. The van der Waals surface area contributed by atoms with Crippen molar-refractivity contribution >= 4 is 34.1 Å². The van der Waals surface area contributed by atoms with Gasteiger partial charge in [0.25, 0.3) is 5.91 Å². The minimum atomic E-state index is -0.258. The largest absolute Gasteiger partial charge is 0.399 e. The maximum Gasteiger partial charge on any atom is 0.272 e. The molecule has 4 N–H and O–H groups in total. The molecule has 0 radical (unpaired) electrons. The number of hydrogen-bond acceptors (Lipinski definition) is 3. The van der Waals surface area contributed by atoms with Crippen molar-refractivity contribution in [2.75, 3.05) is 5.73 Å². The second-order valence-electron chi connectivity index (χ2n) is 4.69. The fourth-order valence-corrected chi connectivity index (χ4v) is 2.33. The number of rotatable bonds is 3. The minimum absolute atomic E-state index is 0.258. The zero-order valence-electron chi connectivity index (χ0n) is 11.1. The topological polar surface area (TPSA) is 83.8 Å². The summed E-state index contributed by atoms with van der Waals surface area (Å²) in [6, 6.07) is 12.6. The van der Waals surface area contributed by atoms with Crippen molar-refractivity contribution in [1.29, 1.82) is 0 Å². The van der Waals surface area contributed by atoms with E-state index in [2.05, 4.69) is 15.5 Å². The summed E-state index contributed by atoms with van der Waals surface area (Å²) < 4.78 is 0. The van der Waals surface area contributed by atoms with Crippen LogP contribution in [0.3, 0.4) is 0 Å². The molecule has 0 atom stereocenters. The molecule has 1 heterocycles. The molecule has 106 valence electrons. The molecule has 5 nitrogen and oxygen atoms in total. The minimum Gasteiger partial charge on any atom is -0.399 e. The summed E-state index contributed by atoms with van der Waals surface area (Å²) in [6.45, 7) is 0.385. The van der Waals surface area contributed by atoms with Crippen molar-refractivity contribution in [3.63, 3.8) is 0 Å². The Balaban J connectivity index is 1.79. The van der Waals surface area contributed by atoms with Crippen molar-refractivity contribution in [3.05, 3.63) is 58.7 Å². The van der Waals surface area contributed by atoms with Crippen LogP contribution in [0.4, 0.5) is 5.69 Å². The molecular weight excluding hydrogens is 288 g/mol. The molecule has 3 rings (SSSR count). The Kier molecular flexibility index (Phi) is 3.50. The first-order chi connectivity index (χ1) is 10.1. The average molecular weight is 301 g/mol. The van der Waals surface area contributed by atoms with Gasteiger partial charge < -0.3 is 11.1 Å². The van der Waals surface area contributed by atoms with Crippen molar-refractivity contribution in [2.45, 2.75) is 6.54 Å². The van der Waals surface area contributed by atoms with Crippen LogP contribution in [-0.4, -0.2) is 16.1 Å². The highest BCUT2D eigenvalue weighted by Gasteiger charge is 2.14. The fourth-order valence-electron chi connectivity index (χ4n) is 2.12. The molecule has 6 heteroatoms. The number of nitrogens with two attached hydrogens (primary N) is 1. The Hall–Kier alpha value is -2.53. The van der Waals surface area contributed by atoms with E-state index in [1.807, 2.05) is 18.2 Å². The zero-order valence-corrected chi connectivity index (χ0v) is 11.8. The molecular formula is C15H13ClN4O. The molecule has 0 aliphatic carbocycles. The van der Waals surface area contributed by atoms with Gasteiger partial charge in [-0.05, 0) is 35.9 Å². The number of nitrogen functional groups attached to an aromatic ring is 1. The van der Waals surface area contributed by atoms with Crippen LogP contribution in [0.1, 0.15) is 16.1 Å². The van der Waals surface area contributed by atoms with E-state index in [9.17, 15) is 4.79 Å². The molecule has 0 aliphatic heterocycles. The van der Waals surface area contributed by atoms with Crippen molar-refractivity contribution < 1.29 is 4.79 Å². The van der Waals surface area contributed by atoms with Crippen LogP contribution < -0.4 is 11.1 Å². The first-order valence-corrected chi connectivity index (χ1v) is 6.77. The van der Waals surface area contributed by atoms with Gasteiger partial charge in [0.05, 0.1) is 5.52 Å². The van der Waals surface area contributed by atoms with E-state index in [0.29, 0.717) is 28.3 Å². The van der Waals surface area contributed by atoms with Crippen LogP contribution in [0, 0.1) is 0 Å². The van der Waals surface area contributed by atoms with Gasteiger partial charge in [-0.1, -0.05) is 23.7 Å². The van der Waals surface area contributed by atoms with Gasteiger partial charge in [-0.25, -0.2) is 0 Å². The Bertz CT molecular complexity index is 812. The summed E-state index contributed by atoms with van der Waals surface area (Å²) in [5, 5.41) is 11.0. The van der Waals surface area contributed by atoms with Crippen LogP contribution in [0.5, 0.6) is 0 Å². The summed E-state index contributed by atoms with van der Waals surface area (Å²) in [4.78, 5) is 12.2. The van der Waals surface area contributed by atoms with Gasteiger partial charge in [0.15, 0.2) is 5.69 Å². The van der Waals surface area contributed by atoms with Crippen molar-refractivity contribution in [3.8, 4) is 0 Å². The summed E-state index contributed by atoms with van der Waals surface area (Å²) in [6.07, 6.45) is 0. The van der Waals surface area contributed by atoms with E-state index >= 15 is 0 Å². The molecule has 0 bridgehead atoms. The smallest absolute Gasteiger partial charge is 0.272 e. The van der Waals surface area contributed by atoms with E-state index in [-0.39, 0.29) is 5.91 Å². The van der Waals surface area contributed by atoms with E-state index in [1.165, 1.54) is 0 Å². The highest BCUT2D eigenvalue weighted by molar-refractivity contribution is 6.30. The molecule has 0 saturated heterocycles. The van der Waals surface area contributed by atoms with E-state index < -0.39 is 0 Å². The molecule has 0 spiro atoms. The maximum atomic E-state index is 12.2. The summed E-state index contributed by atoms with van der Waals surface area (Å²) in [5.41, 5.74) is 8.37. The number of aromatic nitrogens is 2. The van der Waals surface area contributed by atoms with Gasteiger partial charge in [-0.15, -0.1) is 0 Å². The SMILES string of the molecule is Nc1ccc2[nH]nc(C(=O)NCc3cccc(Cl)c3)c2c1. The monoisotopic (exact) mass is 300 g/mol. The predicted molar refractivity (Wildman–Crippen MR) is 83.1 cm³/mol. The lowest BCUT2D eigenvalue weighted by molar-refractivity contribution is 0.0947. The lowest BCUT2D eigenvalue weighted by Crippen LogP contribution is -2.23. The van der Waals surface area contributed by atoms with Crippen LogP contribution in [-0.2, 0) is 6.54 Å². The Morgan fingerprint density at radius 2 is 2.14 bits per heavy atom. The number of nitrogens with one attached hydrogen (secondary N) is 2. The van der Waals surface area contributed by atoms with Crippen LogP contribution >= 0.6 is 11.6 Å². The van der Waals surface area contributed by atoms with Gasteiger partial charge >= 0.3 is 0 Å². The number of anilines is 1. The number of carbonyl (C=O) groups is 1. The summed E-state index contributed by atoms with van der Waals surface area (Å²) >= 11 is 5.91. The maximum absolute atomic E-state index is 12.2. The van der Waals surface area contributed by atoms with Crippen molar-refractivity contribution in [2.24, 2.45) is 0 Å². The molecule has 3 aromatic rings. The number of hydrogen-bond donors (Lipinski definition) is 3. The van der Waals surface area contributed by atoms with Gasteiger partial charge in [-0.3, -0.25) is 9.89 Å². The van der Waals surface area contributed by atoms with E-state index in [0.717, 1.165) is 11.1 Å². The normalized spacial score (nSPS) is 10.7. The number of amides is 1. The number of benzene rings is 2. The highest BCUT2D eigenvalue weighted by Crippen LogP contribution is 2.19. The number of nitrogens with zero attached hydrogens (tertiary/aromatic N) is 1. The molecule has 0 fully saturated rings. The van der Waals surface area contributed by atoms with Gasteiger partial charge in [0.2, 0.25) is 0 Å². The van der Waals surface area contributed by atoms with Crippen molar-refractivity contribution in [1.82, 2.24) is 15.5 Å². The predicted octanol–water partition coefficient (Wildman–Crippen LogP) is 2.73. The third-order valence-corrected chi connectivity index (χ3v) is 3.38.